The van der Waals surface area contributed by atoms with Crippen LogP contribution in [0.4, 0.5) is 0 Å². The van der Waals surface area contributed by atoms with E-state index in [0.717, 1.165) is 0 Å². The topological polar surface area (TPSA) is 173 Å². The fraction of sp³-hybridized carbons (Fsp3) is 0.500. The van der Waals surface area contributed by atoms with Gasteiger partial charge in [0.15, 0.2) is 0 Å². The summed E-state index contributed by atoms with van der Waals surface area (Å²) in [4.78, 5) is 41.2. The van der Waals surface area contributed by atoms with E-state index in [1.807, 2.05) is 0 Å². The van der Waals surface area contributed by atoms with Gasteiger partial charge in [0, 0.05) is 24.8 Å². The maximum atomic E-state index is 10.4. The van der Waals surface area contributed by atoms with Gasteiger partial charge in [-0.2, -0.15) is 0 Å². The molecular formula is C8H7NO8Zn2. The number of carbonyl (C=O) groups excluding carboxylic acids is 4. The molecule has 0 aliphatic carbocycles. The molecule has 0 fully saturated rings. The van der Waals surface area contributed by atoms with E-state index in [9.17, 15) is 39.6 Å². The molecule has 2 unspecified atom stereocenters. The Kier molecular flexibility index (Phi) is 13.4. The third-order valence-corrected chi connectivity index (χ3v) is 1.71. The standard InChI is InChI=1S/C8H11NO8.2Zn/c10-5(11)1-3(7(14)15)9-4(8(16)17)2-6(12)13;;/h3-4,9H,1-2H2,(H,10,11)(H,12,13)(H,14,15)(H,16,17);;/q;2*+2/p-4. The molecule has 0 bridgehead atoms. The van der Waals surface area contributed by atoms with E-state index in [4.69, 9.17) is 0 Å². The van der Waals surface area contributed by atoms with Crippen LogP contribution in [0.3, 0.4) is 0 Å². The molecule has 2 atom stereocenters. The Bertz CT molecular complexity index is 316. The normalized spacial score (nSPS) is 12.2. The summed E-state index contributed by atoms with van der Waals surface area (Å²) in [6, 6.07) is -3.80. The van der Waals surface area contributed by atoms with Crippen LogP contribution in [-0.2, 0) is 58.1 Å². The average molecular weight is 376 g/mol. The molecule has 96 valence electrons. The van der Waals surface area contributed by atoms with Crippen molar-refractivity contribution in [2.75, 3.05) is 0 Å². The quantitative estimate of drug-likeness (QED) is 0.404. The predicted octanol–water partition coefficient (Wildman–Crippen LogP) is -6.91. The van der Waals surface area contributed by atoms with Crippen LogP contribution < -0.4 is 25.7 Å². The number of carbonyl (C=O) groups is 4. The first-order chi connectivity index (χ1) is 7.73. The van der Waals surface area contributed by atoms with Crippen molar-refractivity contribution >= 4 is 23.9 Å². The average Bonchev–Trinajstić information content (AvgIpc) is 2.13. The Morgan fingerprint density at radius 2 is 1.00 bits per heavy atom. The van der Waals surface area contributed by atoms with Crippen LogP contribution in [-0.4, -0.2) is 36.0 Å². The molecule has 0 radical (unpaired) electrons. The SMILES string of the molecule is O=C([O-])CC(NC(CC(=O)[O-])C(=O)[O-])C(=O)[O-].[Zn+2].[Zn+2]. The molecule has 0 rings (SSSR count). The molecule has 19 heavy (non-hydrogen) atoms. The number of hydrogen-bond acceptors (Lipinski definition) is 9. The van der Waals surface area contributed by atoms with Crippen molar-refractivity contribution in [2.45, 2.75) is 24.9 Å². The van der Waals surface area contributed by atoms with Crippen LogP contribution >= 0.6 is 0 Å². The third kappa shape index (κ3) is 10.7. The van der Waals surface area contributed by atoms with E-state index in [1.165, 1.54) is 0 Å². The summed E-state index contributed by atoms with van der Waals surface area (Å²) in [5.74, 6) is -7.34. The maximum Gasteiger partial charge on any atom is 2.00 e. The molecule has 0 spiro atoms. The Morgan fingerprint density at radius 1 is 0.737 bits per heavy atom. The summed E-state index contributed by atoms with van der Waals surface area (Å²) in [5.41, 5.74) is 0. The Morgan fingerprint density at radius 3 is 1.16 bits per heavy atom. The minimum atomic E-state index is -1.90. The molecule has 0 aromatic heterocycles. The summed E-state index contributed by atoms with van der Waals surface area (Å²) >= 11 is 0. The first kappa shape index (κ1) is 23.2. The van der Waals surface area contributed by atoms with Gasteiger partial charge in [0.1, 0.15) is 0 Å². The summed E-state index contributed by atoms with van der Waals surface area (Å²) in [6.45, 7) is 0. The van der Waals surface area contributed by atoms with E-state index in [2.05, 4.69) is 0 Å². The molecule has 0 saturated carbocycles. The Balaban J connectivity index is -0.00000128. The number of rotatable bonds is 8. The van der Waals surface area contributed by atoms with Crippen LogP contribution in [0.15, 0.2) is 0 Å². The van der Waals surface area contributed by atoms with Crippen LogP contribution in [0.5, 0.6) is 0 Å². The predicted molar refractivity (Wildman–Crippen MR) is 40.0 cm³/mol. The van der Waals surface area contributed by atoms with Gasteiger partial charge in [-0.1, -0.05) is 0 Å². The van der Waals surface area contributed by atoms with Crippen molar-refractivity contribution in [1.82, 2.24) is 5.32 Å². The number of carboxylic acid groups (broad SMARTS) is 4. The van der Waals surface area contributed by atoms with E-state index in [1.54, 1.807) is 5.32 Å². The Hall–Kier alpha value is -0.913. The van der Waals surface area contributed by atoms with Crippen LogP contribution in [0.25, 0.3) is 0 Å². The molecule has 0 amide bonds. The van der Waals surface area contributed by atoms with Crippen molar-refractivity contribution in [3.63, 3.8) is 0 Å². The second kappa shape index (κ2) is 11.0. The monoisotopic (exact) mass is 373 g/mol. The van der Waals surface area contributed by atoms with Gasteiger partial charge < -0.3 is 44.9 Å². The van der Waals surface area contributed by atoms with Gasteiger partial charge in [0.2, 0.25) is 0 Å². The zero-order chi connectivity index (χ0) is 13.6. The largest absolute Gasteiger partial charge is 2.00 e. The molecule has 0 saturated heterocycles. The molecular weight excluding hydrogens is 369 g/mol. The number of aliphatic carboxylic acids is 4. The minimum Gasteiger partial charge on any atom is -0.550 e. The van der Waals surface area contributed by atoms with Gasteiger partial charge in [-0.15, -0.1) is 0 Å². The fourth-order valence-corrected chi connectivity index (χ4v) is 0.997. The molecule has 9 nitrogen and oxygen atoms in total. The molecule has 0 aromatic carbocycles. The second-order valence-corrected chi connectivity index (χ2v) is 3.06. The fourth-order valence-electron chi connectivity index (χ4n) is 0.997. The maximum absolute atomic E-state index is 10.4. The van der Waals surface area contributed by atoms with E-state index >= 15 is 0 Å². The zero-order valence-corrected chi connectivity index (χ0v) is 15.7. The van der Waals surface area contributed by atoms with Gasteiger partial charge in [0.25, 0.3) is 0 Å². The van der Waals surface area contributed by atoms with Crippen LogP contribution in [0.1, 0.15) is 12.8 Å². The van der Waals surface area contributed by atoms with Crippen molar-refractivity contribution in [3.8, 4) is 0 Å². The molecule has 0 heterocycles. The number of nitrogens with one attached hydrogen (secondary N) is 1. The zero-order valence-electron chi connectivity index (χ0n) is 9.75. The molecule has 0 aliphatic heterocycles. The second-order valence-electron chi connectivity index (χ2n) is 3.06. The summed E-state index contributed by atoms with van der Waals surface area (Å²) in [5, 5.41) is 42.9. The first-order valence-corrected chi connectivity index (χ1v) is 4.31. The number of carboxylic acids is 4. The Labute approximate surface area is 132 Å². The first-order valence-electron chi connectivity index (χ1n) is 4.31. The number of hydrogen-bond donors (Lipinski definition) is 1. The van der Waals surface area contributed by atoms with Crippen LogP contribution in [0, 0.1) is 0 Å². The van der Waals surface area contributed by atoms with E-state index < -0.39 is 48.8 Å². The summed E-state index contributed by atoms with van der Waals surface area (Å²) in [6.07, 6.45) is -2.14. The summed E-state index contributed by atoms with van der Waals surface area (Å²) in [7, 11) is 0. The summed E-state index contributed by atoms with van der Waals surface area (Å²) < 4.78 is 0. The van der Waals surface area contributed by atoms with Gasteiger partial charge in [-0.05, 0) is 0 Å². The van der Waals surface area contributed by atoms with Crippen LogP contribution in [0.2, 0.25) is 0 Å². The van der Waals surface area contributed by atoms with Gasteiger partial charge in [-0.3, -0.25) is 0 Å². The molecule has 0 aliphatic rings. The van der Waals surface area contributed by atoms with Gasteiger partial charge >= 0.3 is 39.0 Å². The van der Waals surface area contributed by atoms with Gasteiger partial charge in [0.05, 0.1) is 24.0 Å². The smallest absolute Gasteiger partial charge is 0.550 e. The molecule has 1 N–H and O–H groups in total. The van der Waals surface area contributed by atoms with Crippen molar-refractivity contribution < 1.29 is 78.6 Å². The molecule has 11 heteroatoms. The molecule has 0 aromatic rings. The minimum absolute atomic E-state index is 0. The van der Waals surface area contributed by atoms with Crippen molar-refractivity contribution in [1.29, 1.82) is 0 Å². The van der Waals surface area contributed by atoms with E-state index in [0.29, 0.717) is 0 Å². The van der Waals surface area contributed by atoms with Gasteiger partial charge in [-0.25, -0.2) is 0 Å². The third-order valence-electron chi connectivity index (χ3n) is 1.71. The van der Waals surface area contributed by atoms with Crippen molar-refractivity contribution in [3.05, 3.63) is 0 Å². The van der Waals surface area contributed by atoms with E-state index in [-0.39, 0.29) is 39.0 Å². The van der Waals surface area contributed by atoms with Crippen molar-refractivity contribution in [2.24, 2.45) is 0 Å².